The molecule has 0 aliphatic heterocycles. The summed E-state index contributed by atoms with van der Waals surface area (Å²) in [6.07, 6.45) is 0. The molecular formula is C16H11BrN4O7S2. The first kappa shape index (κ1) is 21.5. The fourth-order valence-electron chi connectivity index (χ4n) is 2.31. The summed E-state index contributed by atoms with van der Waals surface area (Å²) < 4.78 is 26.9. The fraction of sp³-hybridized carbons (Fsp3) is 0. The van der Waals surface area contributed by atoms with Crippen molar-refractivity contribution in [2.45, 2.75) is 4.90 Å². The number of hydrogen-bond acceptors (Lipinski definition) is 8. The van der Waals surface area contributed by atoms with Crippen molar-refractivity contribution in [2.75, 3.05) is 5.32 Å². The van der Waals surface area contributed by atoms with Gasteiger partial charge in [-0.15, -0.1) is 11.3 Å². The van der Waals surface area contributed by atoms with E-state index in [1.54, 1.807) is 6.07 Å². The predicted molar refractivity (Wildman–Crippen MR) is 110 cm³/mol. The zero-order valence-electron chi connectivity index (χ0n) is 14.5. The average Bonchev–Trinajstić information content (AvgIpc) is 3.11. The molecule has 2 heterocycles. The van der Waals surface area contributed by atoms with E-state index in [1.165, 1.54) is 29.0 Å². The lowest BCUT2D eigenvalue weighted by atomic mass is 10.2. The van der Waals surface area contributed by atoms with Crippen molar-refractivity contribution in [3.8, 4) is 17.1 Å². The number of rotatable bonds is 5. The molecule has 0 saturated carbocycles. The first-order valence-corrected chi connectivity index (χ1v) is 11.0. The number of nitrogens with one attached hydrogen (secondary N) is 3. The zero-order valence-corrected chi connectivity index (χ0v) is 17.8. The summed E-state index contributed by atoms with van der Waals surface area (Å²) in [7, 11) is -4.19. The molecule has 0 saturated heterocycles. The van der Waals surface area contributed by atoms with Crippen molar-refractivity contribution >= 4 is 55.0 Å². The molecule has 11 nitrogen and oxygen atoms in total. The van der Waals surface area contributed by atoms with Crippen LogP contribution < -0.4 is 15.6 Å². The number of carbonyl (C=O) groups excluding carboxylic acids is 1. The number of amides is 2. The van der Waals surface area contributed by atoms with Crippen LogP contribution in [0.2, 0.25) is 0 Å². The minimum absolute atomic E-state index is 0.0602. The van der Waals surface area contributed by atoms with Gasteiger partial charge in [-0.2, -0.15) is 0 Å². The minimum atomic E-state index is -4.19. The van der Waals surface area contributed by atoms with Crippen molar-refractivity contribution in [1.82, 2.24) is 14.7 Å². The van der Waals surface area contributed by atoms with E-state index in [0.717, 1.165) is 11.3 Å². The molecule has 0 spiro atoms. The molecule has 5 N–H and O–H groups in total. The number of thiophene rings is 1. The Kier molecular flexibility index (Phi) is 5.91. The number of aromatic nitrogens is 2. The van der Waals surface area contributed by atoms with Crippen LogP contribution in [-0.4, -0.2) is 40.6 Å². The second kappa shape index (κ2) is 8.25. The monoisotopic (exact) mass is 514 g/mol. The second-order valence-electron chi connectivity index (χ2n) is 5.61. The van der Waals surface area contributed by atoms with Crippen molar-refractivity contribution < 1.29 is 28.2 Å². The lowest BCUT2D eigenvalue weighted by Gasteiger charge is -2.10. The Morgan fingerprint density at radius 2 is 1.90 bits per heavy atom. The van der Waals surface area contributed by atoms with Crippen LogP contribution in [0.25, 0.3) is 11.4 Å². The van der Waals surface area contributed by atoms with Crippen LogP contribution in [0.1, 0.15) is 10.5 Å². The van der Waals surface area contributed by atoms with E-state index in [4.69, 9.17) is 5.11 Å². The summed E-state index contributed by atoms with van der Waals surface area (Å²) in [5.41, 5.74) is -1.78. The van der Waals surface area contributed by atoms with E-state index >= 15 is 0 Å². The van der Waals surface area contributed by atoms with Crippen molar-refractivity contribution in [2.24, 2.45) is 0 Å². The van der Waals surface area contributed by atoms with Crippen molar-refractivity contribution in [3.63, 3.8) is 0 Å². The molecule has 1 aromatic carbocycles. The topological polar surface area (TPSA) is 179 Å². The number of anilines is 1. The van der Waals surface area contributed by atoms with Gasteiger partial charge in [0, 0.05) is 15.2 Å². The van der Waals surface area contributed by atoms with Gasteiger partial charge < -0.3 is 20.5 Å². The molecule has 0 radical (unpaired) electrons. The van der Waals surface area contributed by atoms with E-state index in [1.807, 2.05) is 4.72 Å². The first-order valence-electron chi connectivity index (χ1n) is 7.81. The predicted octanol–water partition coefficient (Wildman–Crippen LogP) is 2.18. The third kappa shape index (κ3) is 4.34. The summed E-state index contributed by atoms with van der Waals surface area (Å²) in [6, 6.07) is 4.80. The van der Waals surface area contributed by atoms with Crippen LogP contribution in [0.15, 0.2) is 49.2 Å². The molecule has 30 heavy (non-hydrogen) atoms. The number of carboxylic acids is 1. The summed E-state index contributed by atoms with van der Waals surface area (Å²) in [4.78, 5) is 40.9. The zero-order chi connectivity index (χ0) is 22.1. The van der Waals surface area contributed by atoms with Gasteiger partial charge in [-0.1, -0.05) is 12.1 Å². The number of H-pyrrole nitrogens is 1. The molecule has 0 fully saturated rings. The molecule has 0 atom stereocenters. The van der Waals surface area contributed by atoms with Gasteiger partial charge in [0.15, 0.2) is 5.69 Å². The summed E-state index contributed by atoms with van der Waals surface area (Å²) in [5.74, 6) is -2.92. The molecule has 2 amide bonds. The highest BCUT2D eigenvalue weighted by atomic mass is 79.9. The van der Waals surface area contributed by atoms with Gasteiger partial charge in [-0.05, 0) is 28.1 Å². The highest BCUT2D eigenvalue weighted by molar-refractivity contribution is 9.10. The SMILES string of the molecule is O=C(Nc1cscc1-c1nc(C(=O)O)c(O)c(=O)[nH]1)NS(=O)(=O)c1ccccc1Br. The van der Waals surface area contributed by atoms with Crippen molar-refractivity contribution in [3.05, 3.63) is 55.5 Å². The van der Waals surface area contributed by atoms with Gasteiger partial charge in [0.25, 0.3) is 15.6 Å². The number of hydrogen-bond donors (Lipinski definition) is 5. The third-order valence-corrected chi connectivity index (χ3v) is 6.70. The number of aromatic carboxylic acids is 1. The number of sulfonamides is 1. The number of nitrogens with zero attached hydrogens (tertiary/aromatic N) is 1. The van der Waals surface area contributed by atoms with Crippen LogP contribution in [0.3, 0.4) is 0 Å². The lowest BCUT2D eigenvalue weighted by Crippen LogP contribution is -2.34. The standard InChI is InChI=1S/C16H11BrN4O7S2/c17-8-3-1-2-4-10(8)30(27,28)21-16(26)18-9-6-29-5-7(9)13-19-11(15(24)25)12(22)14(23)20-13/h1-6,22H,(H,24,25)(H2,18,21,26)(H,19,20,23). The van der Waals surface area contributed by atoms with Gasteiger partial charge >= 0.3 is 12.0 Å². The van der Waals surface area contributed by atoms with E-state index in [9.17, 15) is 27.9 Å². The molecule has 3 aromatic rings. The number of carbonyl (C=O) groups is 2. The Bertz CT molecular complexity index is 1320. The van der Waals surface area contributed by atoms with Crippen LogP contribution in [0, 0.1) is 0 Å². The van der Waals surface area contributed by atoms with Crippen LogP contribution in [0.4, 0.5) is 10.5 Å². The van der Waals surface area contributed by atoms with Gasteiger partial charge in [-0.25, -0.2) is 27.7 Å². The van der Waals surface area contributed by atoms with Gasteiger partial charge in [0.05, 0.1) is 11.3 Å². The molecular weight excluding hydrogens is 504 g/mol. The van der Waals surface area contributed by atoms with Crippen molar-refractivity contribution in [1.29, 1.82) is 0 Å². The Labute approximate surface area is 180 Å². The number of benzene rings is 1. The van der Waals surface area contributed by atoms with E-state index in [0.29, 0.717) is 0 Å². The van der Waals surface area contributed by atoms with Crippen LogP contribution in [0.5, 0.6) is 5.75 Å². The molecule has 0 aliphatic carbocycles. The lowest BCUT2D eigenvalue weighted by molar-refractivity contribution is 0.0686. The van der Waals surface area contributed by atoms with E-state index in [2.05, 4.69) is 31.2 Å². The fourth-order valence-corrected chi connectivity index (χ4v) is 4.98. The maximum Gasteiger partial charge on any atom is 0.358 e. The molecule has 156 valence electrons. The Hall–Kier alpha value is -3.23. The molecule has 14 heteroatoms. The quantitative estimate of drug-likeness (QED) is 0.343. The normalized spacial score (nSPS) is 11.1. The number of carboxylic acid groups (broad SMARTS) is 1. The average molecular weight is 515 g/mol. The van der Waals surface area contributed by atoms with Gasteiger partial charge in [0.1, 0.15) is 10.7 Å². The summed E-state index contributed by atoms with van der Waals surface area (Å²) in [5, 5.41) is 23.8. The van der Waals surface area contributed by atoms with E-state index in [-0.39, 0.29) is 26.4 Å². The highest BCUT2D eigenvalue weighted by Gasteiger charge is 2.23. The smallest absolute Gasteiger partial charge is 0.358 e. The Morgan fingerprint density at radius 3 is 2.57 bits per heavy atom. The van der Waals surface area contributed by atoms with E-state index < -0.39 is 39.0 Å². The molecule has 0 aliphatic rings. The summed E-state index contributed by atoms with van der Waals surface area (Å²) in [6.45, 7) is 0. The number of aromatic amines is 1. The summed E-state index contributed by atoms with van der Waals surface area (Å²) >= 11 is 4.17. The minimum Gasteiger partial charge on any atom is -0.501 e. The Morgan fingerprint density at radius 1 is 1.20 bits per heavy atom. The number of halogens is 1. The second-order valence-corrected chi connectivity index (χ2v) is 8.85. The number of aromatic hydroxyl groups is 1. The molecule has 0 unspecified atom stereocenters. The number of urea groups is 1. The maximum atomic E-state index is 12.4. The van der Waals surface area contributed by atoms with Gasteiger partial charge in [-0.3, -0.25) is 4.79 Å². The largest absolute Gasteiger partial charge is 0.501 e. The first-order chi connectivity index (χ1) is 14.1. The third-order valence-electron chi connectivity index (χ3n) is 3.62. The van der Waals surface area contributed by atoms with Crippen LogP contribution >= 0.6 is 27.3 Å². The van der Waals surface area contributed by atoms with Gasteiger partial charge in [0.2, 0.25) is 5.75 Å². The maximum absolute atomic E-state index is 12.4. The van der Waals surface area contributed by atoms with Crippen LogP contribution in [-0.2, 0) is 10.0 Å². The molecule has 0 bridgehead atoms. The Balaban J connectivity index is 1.88. The molecule has 3 rings (SSSR count). The highest BCUT2D eigenvalue weighted by Crippen LogP contribution is 2.30. The molecule has 2 aromatic heterocycles.